The van der Waals surface area contributed by atoms with Crippen molar-refractivity contribution < 1.29 is 18.0 Å². The van der Waals surface area contributed by atoms with E-state index in [-0.39, 0.29) is 5.75 Å². The van der Waals surface area contributed by atoms with E-state index >= 15 is 0 Å². The summed E-state index contributed by atoms with van der Waals surface area (Å²) in [7, 11) is 0. The third kappa shape index (κ3) is 5.10. The topological polar surface area (TPSA) is 59.8 Å². The molecule has 0 aliphatic carbocycles. The number of carbonyl (C=O) groups excluding carboxylic acids is 1. The van der Waals surface area contributed by atoms with Crippen molar-refractivity contribution in [2.45, 2.75) is 11.3 Å². The van der Waals surface area contributed by atoms with Gasteiger partial charge in [-0.15, -0.1) is 10.2 Å². The van der Waals surface area contributed by atoms with E-state index in [4.69, 9.17) is 0 Å². The Morgan fingerprint density at radius 2 is 1.63 bits per heavy atom. The Kier molecular flexibility index (Phi) is 5.80. The monoisotopic (exact) mass is 392 g/mol. The highest BCUT2D eigenvalue weighted by molar-refractivity contribution is 7.99. The van der Waals surface area contributed by atoms with Crippen molar-refractivity contribution in [1.29, 1.82) is 0 Å². The van der Waals surface area contributed by atoms with Gasteiger partial charge in [0, 0.05) is 11.3 Å². The van der Waals surface area contributed by atoms with Gasteiger partial charge in [0.1, 0.15) is 6.54 Å². The van der Waals surface area contributed by atoms with Crippen molar-refractivity contribution in [3.63, 3.8) is 0 Å². The molecule has 3 aromatic rings. The Hall–Kier alpha value is -2.81. The van der Waals surface area contributed by atoms with Crippen LogP contribution in [-0.2, 0) is 4.79 Å². The van der Waals surface area contributed by atoms with E-state index in [1.165, 1.54) is 0 Å². The van der Waals surface area contributed by atoms with Crippen LogP contribution in [0.3, 0.4) is 0 Å². The first kappa shape index (κ1) is 19.0. The predicted molar refractivity (Wildman–Crippen MR) is 96.6 cm³/mol. The first-order valence-electron chi connectivity index (χ1n) is 7.96. The van der Waals surface area contributed by atoms with Gasteiger partial charge in [-0.25, -0.2) is 0 Å². The molecule has 0 saturated heterocycles. The van der Waals surface area contributed by atoms with E-state index in [9.17, 15) is 18.0 Å². The highest BCUT2D eigenvalue weighted by atomic mass is 32.2. The van der Waals surface area contributed by atoms with E-state index in [1.807, 2.05) is 66.0 Å². The van der Waals surface area contributed by atoms with Crippen LogP contribution in [0.1, 0.15) is 0 Å². The maximum absolute atomic E-state index is 12.2. The minimum atomic E-state index is -4.44. The number of aromatic nitrogens is 3. The first-order chi connectivity index (χ1) is 12.9. The van der Waals surface area contributed by atoms with E-state index in [0.717, 1.165) is 23.0 Å². The van der Waals surface area contributed by atoms with Gasteiger partial charge in [0.2, 0.25) is 5.91 Å². The molecule has 0 bridgehead atoms. The number of hydrogen-bond donors (Lipinski definition) is 1. The molecular weight excluding hydrogens is 377 g/mol. The second kappa shape index (κ2) is 8.26. The molecule has 9 heteroatoms. The van der Waals surface area contributed by atoms with Crippen LogP contribution in [-0.4, -0.2) is 39.1 Å². The zero-order valence-electron chi connectivity index (χ0n) is 14.0. The number of nitrogens with zero attached hydrogens (tertiary/aromatic N) is 3. The maximum Gasteiger partial charge on any atom is 0.405 e. The minimum Gasteiger partial charge on any atom is -0.346 e. The number of alkyl halides is 3. The number of amides is 1. The van der Waals surface area contributed by atoms with Gasteiger partial charge in [-0.3, -0.25) is 9.36 Å². The number of hydrogen-bond acceptors (Lipinski definition) is 4. The third-order valence-corrected chi connectivity index (χ3v) is 4.43. The summed E-state index contributed by atoms with van der Waals surface area (Å²) in [6.45, 7) is -1.35. The van der Waals surface area contributed by atoms with Crippen LogP contribution in [0, 0.1) is 0 Å². The number of thioether (sulfide) groups is 1. The fraction of sp³-hybridized carbons (Fsp3) is 0.167. The average molecular weight is 392 g/mol. The molecule has 0 atom stereocenters. The summed E-state index contributed by atoms with van der Waals surface area (Å²) in [5.74, 6) is -0.336. The van der Waals surface area contributed by atoms with Gasteiger partial charge in [-0.1, -0.05) is 60.3 Å². The van der Waals surface area contributed by atoms with Crippen LogP contribution in [0.15, 0.2) is 65.8 Å². The quantitative estimate of drug-likeness (QED) is 0.650. The van der Waals surface area contributed by atoms with Crippen molar-refractivity contribution in [3.05, 3.63) is 60.7 Å². The molecule has 0 unspecified atom stereocenters. The summed E-state index contributed by atoms with van der Waals surface area (Å²) >= 11 is 1.03. The average Bonchev–Trinajstić information content (AvgIpc) is 3.09. The molecule has 2 aromatic carbocycles. The molecule has 0 spiro atoms. The number of halogens is 3. The van der Waals surface area contributed by atoms with Crippen LogP contribution >= 0.6 is 11.8 Å². The highest BCUT2D eigenvalue weighted by Crippen LogP contribution is 2.27. The Morgan fingerprint density at radius 3 is 2.26 bits per heavy atom. The molecule has 140 valence electrons. The zero-order chi connectivity index (χ0) is 19.3. The predicted octanol–water partition coefficient (Wildman–Crippen LogP) is 3.70. The van der Waals surface area contributed by atoms with Crippen molar-refractivity contribution in [3.8, 4) is 17.1 Å². The van der Waals surface area contributed by atoms with Crippen LogP contribution in [0.2, 0.25) is 0 Å². The van der Waals surface area contributed by atoms with Gasteiger partial charge in [-0.05, 0) is 12.1 Å². The lowest BCUT2D eigenvalue weighted by molar-refractivity contribution is -0.136. The molecule has 1 N–H and O–H groups in total. The summed E-state index contributed by atoms with van der Waals surface area (Å²) < 4.78 is 38.4. The largest absolute Gasteiger partial charge is 0.405 e. The summed E-state index contributed by atoms with van der Waals surface area (Å²) in [4.78, 5) is 11.7. The van der Waals surface area contributed by atoms with E-state index in [2.05, 4.69) is 10.2 Å². The Bertz CT molecular complexity index is 898. The van der Waals surface area contributed by atoms with E-state index in [0.29, 0.717) is 11.0 Å². The van der Waals surface area contributed by atoms with Crippen molar-refractivity contribution in [2.75, 3.05) is 12.3 Å². The second-order valence-electron chi connectivity index (χ2n) is 5.52. The highest BCUT2D eigenvalue weighted by Gasteiger charge is 2.27. The number of para-hydroxylation sites is 1. The lowest BCUT2D eigenvalue weighted by Gasteiger charge is -2.11. The van der Waals surface area contributed by atoms with Gasteiger partial charge in [0.25, 0.3) is 0 Å². The molecule has 0 aliphatic heterocycles. The van der Waals surface area contributed by atoms with Gasteiger partial charge in [0.05, 0.1) is 5.75 Å². The van der Waals surface area contributed by atoms with Gasteiger partial charge < -0.3 is 5.32 Å². The molecule has 3 rings (SSSR count). The lowest BCUT2D eigenvalue weighted by atomic mass is 10.2. The second-order valence-corrected chi connectivity index (χ2v) is 6.47. The molecule has 1 aromatic heterocycles. The van der Waals surface area contributed by atoms with E-state index in [1.54, 1.807) is 4.57 Å². The standard InChI is InChI=1S/C18H15F3N4OS/c19-18(20,21)12-22-15(26)11-27-17-24-23-16(13-7-3-1-4-8-13)25(17)14-9-5-2-6-10-14/h1-10H,11-12H2,(H,22,26). The SMILES string of the molecule is O=C(CSc1nnc(-c2ccccc2)n1-c1ccccc1)NCC(F)(F)F. The fourth-order valence-electron chi connectivity index (χ4n) is 2.33. The third-order valence-electron chi connectivity index (χ3n) is 3.50. The molecule has 1 heterocycles. The van der Waals surface area contributed by atoms with E-state index < -0.39 is 18.6 Å². The maximum atomic E-state index is 12.2. The van der Waals surface area contributed by atoms with Crippen LogP contribution in [0.5, 0.6) is 0 Å². The Balaban J connectivity index is 1.84. The molecular formula is C18H15F3N4OS. The number of carbonyl (C=O) groups is 1. The van der Waals surface area contributed by atoms with Crippen LogP contribution in [0.25, 0.3) is 17.1 Å². The first-order valence-corrected chi connectivity index (χ1v) is 8.95. The summed E-state index contributed by atoms with van der Waals surface area (Å²) in [6.07, 6.45) is -4.44. The molecule has 1 amide bonds. The van der Waals surface area contributed by atoms with Crippen molar-refractivity contribution in [2.24, 2.45) is 0 Å². The summed E-state index contributed by atoms with van der Waals surface area (Å²) in [6, 6.07) is 18.7. The van der Waals surface area contributed by atoms with Crippen molar-refractivity contribution >= 4 is 17.7 Å². The Labute approximate surface area is 157 Å². The Morgan fingerprint density at radius 1 is 1.00 bits per heavy atom. The molecule has 5 nitrogen and oxygen atoms in total. The van der Waals surface area contributed by atoms with Crippen LogP contribution in [0.4, 0.5) is 13.2 Å². The lowest BCUT2D eigenvalue weighted by Crippen LogP contribution is -2.34. The molecule has 0 aliphatic rings. The summed E-state index contributed by atoms with van der Waals surface area (Å²) in [5.41, 5.74) is 1.63. The van der Waals surface area contributed by atoms with Crippen LogP contribution < -0.4 is 5.32 Å². The van der Waals surface area contributed by atoms with Crippen molar-refractivity contribution in [1.82, 2.24) is 20.1 Å². The van der Waals surface area contributed by atoms with Gasteiger partial charge in [-0.2, -0.15) is 13.2 Å². The number of rotatable bonds is 6. The molecule has 27 heavy (non-hydrogen) atoms. The zero-order valence-corrected chi connectivity index (χ0v) is 14.8. The number of nitrogens with one attached hydrogen (secondary N) is 1. The smallest absolute Gasteiger partial charge is 0.346 e. The normalized spacial score (nSPS) is 11.4. The molecule has 0 radical (unpaired) electrons. The van der Waals surface area contributed by atoms with Gasteiger partial charge >= 0.3 is 6.18 Å². The molecule has 0 saturated carbocycles. The fourth-order valence-corrected chi connectivity index (χ4v) is 3.11. The summed E-state index contributed by atoms with van der Waals surface area (Å²) in [5, 5.41) is 10.6. The number of benzene rings is 2. The molecule has 0 fully saturated rings. The minimum absolute atomic E-state index is 0.199. The van der Waals surface area contributed by atoms with Gasteiger partial charge in [0.15, 0.2) is 11.0 Å².